The van der Waals surface area contributed by atoms with Gasteiger partial charge < -0.3 is 30.3 Å². The van der Waals surface area contributed by atoms with Gasteiger partial charge in [-0.1, -0.05) is 18.2 Å². The Kier molecular flexibility index (Phi) is 6.07. The van der Waals surface area contributed by atoms with E-state index in [2.05, 4.69) is 10.6 Å². The molecule has 0 aromatic heterocycles. The van der Waals surface area contributed by atoms with Crippen LogP contribution in [0.2, 0.25) is 0 Å². The van der Waals surface area contributed by atoms with Crippen molar-refractivity contribution in [2.45, 2.75) is 0 Å². The highest BCUT2D eigenvalue weighted by atomic mass is 16.5. The Hall–Kier alpha value is -4.20. The molecule has 3 aromatic rings. The van der Waals surface area contributed by atoms with Gasteiger partial charge in [-0.3, -0.25) is 0 Å². The lowest BCUT2D eigenvalue weighted by atomic mass is 10.0. The van der Waals surface area contributed by atoms with E-state index >= 15 is 0 Å². The largest absolute Gasteiger partial charge is 0.493 e. The normalized spacial score (nSPS) is 10.2. The fourth-order valence-electron chi connectivity index (χ4n) is 2.91. The fourth-order valence-corrected chi connectivity index (χ4v) is 2.91. The number of hydrogen-bond acceptors (Lipinski definition) is 6. The number of benzene rings is 3. The van der Waals surface area contributed by atoms with Crippen LogP contribution in [0.1, 0.15) is 20.7 Å². The predicted molar refractivity (Wildman–Crippen MR) is 113 cm³/mol. The second-order valence-corrected chi connectivity index (χ2v) is 6.24. The van der Waals surface area contributed by atoms with Crippen molar-refractivity contribution in [2.24, 2.45) is 0 Å². The number of anilines is 4. The van der Waals surface area contributed by atoms with Crippen molar-refractivity contribution in [2.75, 3.05) is 24.9 Å². The molecule has 0 bridgehead atoms. The van der Waals surface area contributed by atoms with Crippen molar-refractivity contribution < 1.29 is 29.3 Å². The van der Waals surface area contributed by atoms with Crippen LogP contribution in [0.25, 0.3) is 0 Å². The van der Waals surface area contributed by atoms with Crippen molar-refractivity contribution in [1.82, 2.24) is 0 Å². The molecule has 0 spiro atoms. The average molecular weight is 408 g/mol. The minimum Gasteiger partial charge on any atom is -0.493 e. The van der Waals surface area contributed by atoms with Gasteiger partial charge in [-0.25, -0.2) is 9.59 Å². The molecule has 0 aliphatic heterocycles. The third kappa shape index (κ3) is 4.44. The van der Waals surface area contributed by atoms with E-state index in [1.807, 2.05) is 30.3 Å². The van der Waals surface area contributed by atoms with Crippen LogP contribution >= 0.6 is 0 Å². The van der Waals surface area contributed by atoms with Crippen molar-refractivity contribution >= 4 is 34.7 Å². The molecule has 154 valence electrons. The molecule has 0 radical (unpaired) electrons. The lowest BCUT2D eigenvalue weighted by Crippen LogP contribution is -2.10. The standard InChI is InChI=1S/C22H20N2O6/c1-29-19-9-8-14(10-20(19)30-2)24-18-12-16(22(27)28)15(21(25)26)11-17(18)23-13-6-4-3-5-7-13/h3-12,23-24H,1-2H3,(H,25,26)(H,27,28). The Bertz CT molecular complexity index is 1080. The van der Waals surface area contributed by atoms with Gasteiger partial charge in [0.15, 0.2) is 11.5 Å². The Morgan fingerprint density at radius 1 is 0.700 bits per heavy atom. The van der Waals surface area contributed by atoms with Crippen molar-refractivity contribution in [1.29, 1.82) is 0 Å². The molecule has 3 aromatic carbocycles. The van der Waals surface area contributed by atoms with E-state index in [-0.39, 0.29) is 11.1 Å². The third-order valence-electron chi connectivity index (χ3n) is 4.33. The second-order valence-electron chi connectivity index (χ2n) is 6.24. The van der Waals surface area contributed by atoms with Crippen LogP contribution in [0.3, 0.4) is 0 Å². The Morgan fingerprint density at radius 3 is 1.73 bits per heavy atom. The molecular formula is C22H20N2O6. The quantitative estimate of drug-likeness (QED) is 0.428. The van der Waals surface area contributed by atoms with E-state index in [1.165, 1.54) is 26.4 Å². The first-order valence-electron chi connectivity index (χ1n) is 8.88. The molecule has 30 heavy (non-hydrogen) atoms. The SMILES string of the molecule is COc1ccc(Nc2cc(C(=O)O)c(C(=O)O)cc2Nc2ccccc2)cc1OC. The van der Waals surface area contributed by atoms with Gasteiger partial charge in [-0.15, -0.1) is 0 Å². The molecule has 8 heteroatoms. The number of aromatic carboxylic acids is 2. The number of methoxy groups -OCH3 is 2. The maximum Gasteiger partial charge on any atom is 0.336 e. The molecule has 0 heterocycles. The molecule has 0 aliphatic rings. The molecule has 0 saturated carbocycles. The first-order chi connectivity index (χ1) is 14.4. The van der Waals surface area contributed by atoms with Gasteiger partial charge in [-0.2, -0.15) is 0 Å². The fraction of sp³-hybridized carbons (Fsp3) is 0.0909. The molecule has 0 atom stereocenters. The van der Waals surface area contributed by atoms with Gasteiger partial charge >= 0.3 is 11.9 Å². The van der Waals surface area contributed by atoms with E-state index in [1.54, 1.807) is 18.2 Å². The molecule has 8 nitrogen and oxygen atoms in total. The van der Waals surface area contributed by atoms with Crippen LogP contribution in [0, 0.1) is 0 Å². The highest BCUT2D eigenvalue weighted by Crippen LogP contribution is 2.35. The summed E-state index contributed by atoms with van der Waals surface area (Å²) in [5, 5.41) is 25.2. The topological polar surface area (TPSA) is 117 Å². The van der Waals surface area contributed by atoms with E-state index in [0.29, 0.717) is 34.2 Å². The van der Waals surface area contributed by atoms with Crippen LogP contribution < -0.4 is 20.1 Å². The van der Waals surface area contributed by atoms with Gasteiger partial charge in [0.25, 0.3) is 0 Å². The average Bonchev–Trinajstić information content (AvgIpc) is 2.74. The van der Waals surface area contributed by atoms with E-state index in [4.69, 9.17) is 9.47 Å². The Morgan fingerprint density at radius 2 is 1.23 bits per heavy atom. The molecule has 0 amide bonds. The number of carboxylic acids is 2. The lowest BCUT2D eigenvalue weighted by Gasteiger charge is -2.17. The maximum absolute atomic E-state index is 11.6. The number of rotatable bonds is 8. The summed E-state index contributed by atoms with van der Waals surface area (Å²) in [7, 11) is 3.03. The predicted octanol–water partition coefficient (Wildman–Crippen LogP) is 4.59. The second kappa shape index (κ2) is 8.87. The van der Waals surface area contributed by atoms with Crippen molar-refractivity contribution in [3.05, 3.63) is 71.8 Å². The molecule has 3 rings (SSSR count). The van der Waals surface area contributed by atoms with Crippen LogP contribution in [-0.2, 0) is 0 Å². The number of hydrogen-bond donors (Lipinski definition) is 4. The molecular weight excluding hydrogens is 388 g/mol. The Balaban J connectivity index is 2.09. The molecule has 4 N–H and O–H groups in total. The first-order valence-corrected chi connectivity index (χ1v) is 8.88. The summed E-state index contributed by atoms with van der Waals surface area (Å²) < 4.78 is 10.5. The summed E-state index contributed by atoms with van der Waals surface area (Å²) in [6.07, 6.45) is 0. The number of ether oxygens (including phenoxy) is 2. The molecule has 0 fully saturated rings. The lowest BCUT2D eigenvalue weighted by molar-refractivity contribution is 0.0651. The van der Waals surface area contributed by atoms with Gasteiger partial charge in [0, 0.05) is 17.4 Å². The van der Waals surface area contributed by atoms with Gasteiger partial charge in [0.1, 0.15) is 0 Å². The van der Waals surface area contributed by atoms with Gasteiger partial charge in [-0.05, 0) is 36.4 Å². The zero-order valence-electron chi connectivity index (χ0n) is 16.3. The number of para-hydroxylation sites is 1. The highest BCUT2D eigenvalue weighted by Gasteiger charge is 2.20. The van der Waals surface area contributed by atoms with E-state index < -0.39 is 11.9 Å². The first kappa shape index (κ1) is 20.5. The van der Waals surface area contributed by atoms with Gasteiger partial charge in [0.2, 0.25) is 0 Å². The van der Waals surface area contributed by atoms with Crippen LogP contribution in [0.15, 0.2) is 60.7 Å². The highest BCUT2D eigenvalue weighted by molar-refractivity contribution is 6.04. The Labute approximate surface area is 172 Å². The summed E-state index contributed by atoms with van der Waals surface area (Å²) in [6, 6.07) is 16.8. The third-order valence-corrected chi connectivity index (χ3v) is 4.33. The summed E-state index contributed by atoms with van der Waals surface area (Å²) in [4.78, 5) is 23.2. The number of nitrogens with one attached hydrogen (secondary N) is 2. The zero-order chi connectivity index (χ0) is 21.7. The minimum atomic E-state index is -1.34. The maximum atomic E-state index is 11.6. The molecule has 0 unspecified atom stereocenters. The van der Waals surface area contributed by atoms with E-state index in [0.717, 1.165) is 0 Å². The molecule has 0 saturated heterocycles. The molecule has 0 aliphatic carbocycles. The van der Waals surface area contributed by atoms with Crippen molar-refractivity contribution in [3.8, 4) is 11.5 Å². The number of carboxylic acid groups (broad SMARTS) is 2. The van der Waals surface area contributed by atoms with Gasteiger partial charge in [0.05, 0.1) is 36.7 Å². The minimum absolute atomic E-state index is 0.321. The van der Waals surface area contributed by atoms with Crippen molar-refractivity contribution in [3.63, 3.8) is 0 Å². The summed E-state index contributed by atoms with van der Waals surface area (Å²) in [5.74, 6) is -1.64. The summed E-state index contributed by atoms with van der Waals surface area (Å²) in [6.45, 7) is 0. The summed E-state index contributed by atoms with van der Waals surface area (Å²) in [5.41, 5.74) is 1.45. The number of carbonyl (C=O) groups is 2. The smallest absolute Gasteiger partial charge is 0.336 e. The summed E-state index contributed by atoms with van der Waals surface area (Å²) >= 11 is 0. The zero-order valence-corrected chi connectivity index (χ0v) is 16.3. The van der Waals surface area contributed by atoms with Crippen LogP contribution in [-0.4, -0.2) is 36.4 Å². The monoisotopic (exact) mass is 408 g/mol. The van der Waals surface area contributed by atoms with Crippen LogP contribution in [0.5, 0.6) is 11.5 Å². The van der Waals surface area contributed by atoms with Crippen LogP contribution in [0.4, 0.5) is 22.7 Å². The van der Waals surface area contributed by atoms with E-state index in [9.17, 15) is 19.8 Å².